The number of hydrogen-bond donors (Lipinski definition) is 2. The molecule has 3 heteroatoms. The van der Waals surface area contributed by atoms with E-state index >= 15 is 0 Å². The van der Waals surface area contributed by atoms with Gasteiger partial charge in [-0.15, -0.1) is 0 Å². The summed E-state index contributed by atoms with van der Waals surface area (Å²) in [6, 6.07) is 5.91. The highest BCUT2D eigenvalue weighted by Gasteiger charge is 2.24. The Labute approximate surface area is 76.6 Å². The summed E-state index contributed by atoms with van der Waals surface area (Å²) in [6.07, 6.45) is 0. The zero-order chi connectivity index (χ0) is 9.90. The third-order valence-electron chi connectivity index (χ3n) is 2.22. The van der Waals surface area contributed by atoms with Gasteiger partial charge in [-0.3, -0.25) is 0 Å². The molecule has 13 heavy (non-hydrogen) atoms. The lowest BCUT2D eigenvalue weighted by Crippen LogP contribution is -2.31. The average Bonchev–Trinajstić information content (AvgIpc) is 2.17. The molecule has 0 radical (unpaired) electrons. The maximum absolute atomic E-state index is 12.8. The van der Waals surface area contributed by atoms with Crippen molar-refractivity contribution in [1.82, 2.24) is 0 Å². The molecule has 1 rings (SSSR count). The monoisotopic (exact) mass is 184 g/mol. The van der Waals surface area contributed by atoms with E-state index in [-0.39, 0.29) is 19.0 Å². The van der Waals surface area contributed by atoms with Crippen LogP contribution >= 0.6 is 0 Å². The third-order valence-corrected chi connectivity index (χ3v) is 2.22. The first-order chi connectivity index (χ1) is 6.12. The van der Waals surface area contributed by atoms with E-state index in [1.165, 1.54) is 12.1 Å². The number of halogens is 1. The van der Waals surface area contributed by atoms with Crippen LogP contribution in [0.1, 0.15) is 12.5 Å². The minimum Gasteiger partial charge on any atom is -0.395 e. The standard InChI is InChI=1S/C10H13FO2/c1-10(6-12,7-13)8-3-2-4-9(11)5-8/h2-5,12-13H,6-7H2,1H3. The lowest BCUT2D eigenvalue weighted by molar-refractivity contribution is 0.129. The van der Waals surface area contributed by atoms with Gasteiger partial charge in [-0.2, -0.15) is 0 Å². The number of rotatable bonds is 3. The van der Waals surface area contributed by atoms with Gasteiger partial charge in [0, 0.05) is 5.41 Å². The first kappa shape index (κ1) is 10.2. The second kappa shape index (κ2) is 3.85. The molecule has 0 amide bonds. The van der Waals surface area contributed by atoms with Gasteiger partial charge < -0.3 is 10.2 Å². The van der Waals surface area contributed by atoms with Gasteiger partial charge in [0.1, 0.15) is 5.82 Å². The molecule has 2 nitrogen and oxygen atoms in total. The molecule has 0 atom stereocenters. The molecular weight excluding hydrogens is 171 g/mol. The van der Waals surface area contributed by atoms with E-state index in [0.717, 1.165) is 0 Å². The number of benzene rings is 1. The Balaban J connectivity index is 3.05. The third kappa shape index (κ3) is 2.05. The van der Waals surface area contributed by atoms with Gasteiger partial charge in [0.25, 0.3) is 0 Å². The molecular formula is C10H13FO2. The Morgan fingerprint density at radius 1 is 1.31 bits per heavy atom. The van der Waals surface area contributed by atoms with Crippen LogP contribution in [-0.4, -0.2) is 23.4 Å². The largest absolute Gasteiger partial charge is 0.395 e. The van der Waals surface area contributed by atoms with Crippen molar-refractivity contribution in [3.05, 3.63) is 35.6 Å². The zero-order valence-electron chi connectivity index (χ0n) is 7.50. The van der Waals surface area contributed by atoms with Crippen LogP contribution in [0, 0.1) is 5.82 Å². The summed E-state index contributed by atoms with van der Waals surface area (Å²) in [6.45, 7) is 1.28. The fourth-order valence-electron chi connectivity index (χ4n) is 1.10. The Bertz CT molecular complexity index is 282. The van der Waals surface area contributed by atoms with Gasteiger partial charge in [0.05, 0.1) is 13.2 Å². The maximum Gasteiger partial charge on any atom is 0.123 e. The van der Waals surface area contributed by atoms with Crippen molar-refractivity contribution in [3.8, 4) is 0 Å². The molecule has 0 saturated heterocycles. The van der Waals surface area contributed by atoms with Crippen molar-refractivity contribution in [2.45, 2.75) is 12.3 Å². The summed E-state index contributed by atoms with van der Waals surface area (Å²) in [7, 11) is 0. The predicted molar refractivity (Wildman–Crippen MR) is 47.9 cm³/mol. The van der Waals surface area contributed by atoms with Crippen molar-refractivity contribution in [1.29, 1.82) is 0 Å². The number of hydrogen-bond acceptors (Lipinski definition) is 2. The second-order valence-corrected chi connectivity index (χ2v) is 3.39. The quantitative estimate of drug-likeness (QED) is 0.737. The van der Waals surface area contributed by atoms with E-state index in [1.807, 2.05) is 0 Å². The molecule has 2 N–H and O–H groups in total. The molecule has 0 aromatic heterocycles. The Morgan fingerprint density at radius 2 is 1.92 bits per heavy atom. The lowest BCUT2D eigenvalue weighted by atomic mass is 9.84. The topological polar surface area (TPSA) is 40.5 Å². The number of aliphatic hydroxyl groups is 2. The smallest absolute Gasteiger partial charge is 0.123 e. The highest BCUT2D eigenvalue weighted by molar-refractivity contribution is 5.25. The maximum atomic E-state index is 12.8. The van der Waals surface area contributed by atoms with Crippen molar-refractivity contribution in [3.63, 3.8) is 0 Å². The second-order valence-electron chi connectivity index (χ2n) is 3.39. The van der Waals surface area contributed by atoms with Crippen LogP contribution in [0.15, 0.2) is 24.3 Å². The van der Waals surface area contributed by atoms with Crippen LogP contribution in [0.3, 0.4) is 0 Å². The van der Waals surface area contributed by atoms with Crippen molar-refractivity contribution < 1.29 is 14.6 Å². The van der Waals surface area contributed by atoms with Crippen molar-refractivity contribution in [2.75, 3.05) is 13.2 Å². The lowest BCUT2D eigenvalue weighted by Gasteiger charge is -2.24. The fraction of sp³-hybridized carbons (Fsp3) is 0.400. The predicted octanol–water partition coefficient (Wildman–Crippen LogP) is 1.07. The summed E-state index contributed by atoms with van der Waals surface area (Å²) in [5.74, 6) is -0.356. The summed E-state index contributed by atoms with van der Waals surface area (Å²) in [4.78, 5) is 0. The first-order valence-corrected chi connectivity index (χ1v) is 4.10. The van der Waals surface area contributed by atoms with Crippen LogP contribution in [0.25, 0.3) is 0 Å². The molecule has 1 aromatic rings. The van der Waals surface area contributed by atoms with Gasteiger partial charge in [0.2, 0.25) is 0 Å². The van der Waals surface area contributed by atoms with Crippen LogP contribution < -0.4 is 0 Å². The van der Waals surface area contributed by atoms with Crippen molar-refractivity contribution in [2.24, 2.45) is 0 Å². The van der Waals surface area contributed by atoms with E-state index in [1.54, 1.807) is 19.1 Å². The number of aliphatic hydroxyl groups excluding tert-OH is 2. The molecule has 0 aliphatic carbocycles. The van der Waals surface area contributed by atoms with E-state index in [9.17, 15) is 4.39 Å². The van der Waals surface area contributed by atoms with E-state index < -0.39 is 5.41 Å². The molecule has 0 fully saturated rings. The average molecular weight is 184 g/mol. The van der Waals surface area contributed by atoms with Crippen LogP contribution in [-0.2, 0) is 5.41 Å². The highest BCUT2D eigenvalue weighted by atomic mass is 19.1. The molecule has 0 bridgehead atoms. The van der Waals surface area contributed by atoms with Gasteiger partial charge in [-0.05, 0) is 17.7 Å². The zero-order valence-corrected chi connectivity index (χ0v) is 7.50. The molecule has 0 unspecified atom stereocenters. The van der Waals surface area contributed by atoms with Crippen molar-refractivity contribution >= 4 is 0 Å². The summed E-state index contributed by atoms with van der Waals surface area (Å²) in [5, 5.41) is 18.1. The molecule has 0 heterocycles. The Morgan fingerprint density at radius 3 is 2.38 bits per heavy atom. The van der Waals surface area contributed by atoms with Gasteiger partial charge in [-0.25, -0.2) is 4.39 Å². The minimum atomic E-state index is -0.762. The Hall–Kier alpha value is -0.930. The van der Waals surface area contributed by atoms with E-state index in [4.69, 9.17) is 10.2 Å². The van der Waals surface area contributed by atoms with Gasteiger partial charge in [0.15, 0.2) is 0 Å². The molecule has 0 aliphatic heterocycles. The van der Waals surface area contributed by atoms with Crippen LogP contribution in [0.4, 0.5) is 4.39 Å². The normalized spacial score (nSPS) is 11.7. The van der Waals surface area contributed by atoms with E-state index in [2.05, 4.69) is 0 Å². The van der Waals surface area contributed by atoms with Crippen LogP contribution in [0.5, 0.6) is 0 Å². The fourth-order valence-corrected chi connectivity index (χ4v) is 1.10. The van der Waals surface area contributed by atoms with Gasteiger partial charge in [-0.1, -0.05) is 19.1 Å². The minimum absolute atomic E-state index is 0.201. The summed E-state index contributed by atoms with van der Waals surface area (Å²) < 4.78 is 12.8. The molecule has 1 aromatic carbocycles. The molecule has 0 spiro atoms. The molecule has 0 saturated carbocycles. The first-order valence-electron chi connectivity index (χ1n) is 4.10. The highest BCUT2D eigenvalue weighted by Crippen LogP contribution is 2.22. The molecule has 72 valence electrons. The van der Waals surface area contributed by atoms with E-state index in [0.29, 0.717) is 5.56 Å². The van der Waals surface area contributed by atoms with Crippen LogP contribution in [0.2, 0.25) is 0 Å². The molecule has 0 aliphatic rings. The SMILES string of the molecule is CC(CO)(CO)c1cccc(F)c1. The Kier molecular flexibility index (Phi) is 3.01. The van der Waals surface area contributed by atoms with Gasteiger partial charge >= 0.3 is 0 Å². The summed E-state index contributed by atoms with van der Waals surface area (Å²) >= 11 is 0. The summed E-state index contributed by atoms with van der Waals surface area (Å²) in [5.41, 5.74) is -0.153.